The van der Waals surface area contributed by atoms with Crippen molar-refractivity contribution < 1.29 is 13.9 Å². The summed E-state index contributed by atoms with van der Waals surface area (Å²) in [7, 11) is 0. The number of furan rings is 1. The van der Waals surface area contributed by atoms with Gasteiger partial charge < -0.3 is 14.5 Å². The fourth-order valence-electron chi connectivity index (χ4n) is 2.02. The maximum absolute atomic E-state index is 12.0. The average Bonchev–Trinajstić information content (AvgIpc) is 3.22. The molecule has 0 aliphatic rings. The van der Waals surface area contributed by atoms with Gasteiger partial charge in [0.25, 0.3) is 5.91 Å². The van der Waals surface area contributed by atoms with E-state index in [1.807, 2.05) is 18.4 Å². The Morgan fingerprint density at radius 3 is 2.78 bits per heavy atom. The third-order valence-electron chi connectivity index (χ3n) is 3.17. The summed E-state index contributed by atoms with van der Waals surface area (Å²) in [6, 6.07) is 10.6. The summed E-state index contributed by atoms with van der Waals surface area (Å²) in [5.41, 5.74) is 1.49. The number of hydrogen-bond donors (Lipinski definition) is 1. The van der Waals surface area contributed by atoms with E-state index >= 15 is 0 Å². The Balaban J connectivity index is 1.52. The molecule has 0 bridgehead atoms. The fourth-order valence-corrected chi connectivity index (χ4v) is 2.61. The molecular weight excluding hydrogens is 312 g/mol. The minimum atomic E-state index is -0.150. The van der Waals surface area contributed by atoms with Gasteiger partial charge in [-0.3, -0.25) is 4.79 Å². The molecule has 2 aromatic heterocycles. The number of amides is 1. The Labute approximate surface area is 137 Å². The molecule has 23 heavy (non-hydrogen) atoms. The van der Waals surface area contributed by atoms with E-state index in [2.05, 4.69) is 10.3 Å². The highest BCUT2D eigenvalue weighted by Gasteiger charge is 2.07. The monoisotopic (exact) mass is 328 g/mol. The van der Waals surface area contributed by atoms with Crippen molar-refractivity contribution in [2.75, 3.05) is 0 Å². The molecule has 2 heterocycles. The van der Waals surface area contributed by atoms with Gasteiger partial charge in [-0.15, -0.1) is 11.3 Å². The molecule has 3 rings (SSSR count). The van der Waals surface area contributed by atoms with Crippen molar-refractivity contribution in [2.24, 2.45) is 0 Å². The summed E-state index contributed by atoms with van der Waals surface area (Å²) >= 11 is 1.60. The zero-order valence-corrected chi connectivity index (χ0v) is 13.4. The van der Waals surface area contributed by atoms with Crippen LogP contribution in [0.4, 0.5) is 0 Å². The number of ether oxygens (including phenoxy) is 1. The minimum absolute atomic E-state index is 0.150. The number of carbonyl (C=O) groups is 1. The second-order valence-electron chi connectivity index (χ2n) is 4.93. The van der Waals surface area contributed by atoms with E-state index in [9.17, 15) is 4.79 Å². The zero-order valence-electron chi connectivity index (χ0n) is 12.6. The molecule has 0 saturated carbocycles. The molecule has 0 fully saturated rings. The predicted octanol–water partition coefficient (Wildman–Crippen LogP) is 3.55. The molecule has 0 atom stereocenters. The molecule has 0 aliphatic heterocycles. The van der Waals surface area contributed by atoms with E-state index in [-0.39, 0.29) is 5.91 Å². The van der Waals surface area contributed by atoms with Crippen LogP contribution in [0.25, 0.3) is 0 Å². The number of aryl methyl sites for hydroxylation is 1. The van der Waals surface area contributed by atoms with Crippen LogP contribution in [0.5, 0.6) is 5.75 Å². The minimum Gasteiger partial charge on any atom is -0.487 e. The Kier molecular flexibility index (Phi) is 4.73. The molecule has 0 radical (unpaired) electrons. The van der Waals surface area contributed by atoms with Crippen molar-refractivity contribution in [3.63, 3.8) is 0 Å². The Hall–Kier alpha value is -2.60. The van der Waals surface area contributed by atoms with Crippen molar-refractivity contribution in [3.05, 3.63) is 70.1 Å². The average molecular weight is 328 g/mol. The number of nitrogens with one attached hydrogen (secondary N) is 1. The lowest BCUT2D eigenvalue weighted by Gasteiger charge is -2.06. The van der Waals surface area contributed by atoms with Gasteiger partial charge in [0.05, 0.1) is 23.5 Å². The summed E-state index contributed by atoms with van der Waals surface area (Å²) in [5.74, 6) is 1.28. The molecule has 5 nitrogen and oxygen atoms in total. The first-order valence-corrected chi connectivity index (χ1v) is 8.03. The first-order valence-electron chi connectivity index (χ1n) is 7.15. The van der Waals surface area contributed by atoms with Crippen molar-refractivity contribution >= 4 is 17.2 Å². The third kappa shape index (κ3) is 4.20. The van der Waals surface area contributed by atoms with E-state index in [1.54, 1.807) is 47.9 Å². The van der Waals surface area contributed by atoms with Crippen LogP contribution in [-0.2, 0) is 13.2 Å². The number of hydrogen-bond acceptors (Lipinski definition) is 5. The Morgan fingerprint density at radius 2 is 2.13 bits per heavy atom. The fraction of sp³-hybridized carbons (Fsp3) is 0.176. The van der Waals surface area contributed by atoms with Gasteiger partial charge in [0.15, 0.2) is 0 Å². The van der Waals surface area contributed by atoms with Gasteiger partial charge in [0.2, 0.25) is 0 Å². The van der Waals surface area contributed by atoms with Crippen LogP contribution < -0.4 is 10.1 Å². The van der Waals surface area contributed by atoms with Crippen molar-refractivity contribution in [1.29, 1.82) is 0 Å². The van der Waals surface area contributed by atoms with Crippen molar-refractivity contribution in [3.8, 4) is 5.75 Å². The molecule has 0 unspecified atom stereocenters. The van der Waals surface area contributed by atoms with Crippen LogP contribution >= 0.6 is 11.3 Å². The molecular formula is C17H16N2O3S. The van der Waals surface area contributed by atoms with E-state index in [0.29, 0.717) is 24.5 Å². The molecule has 0 spiro atoms. The van der Waals surface area contributed by atoms with E-state index < -0.39 is 0 Å². The smallest absolute Gasteiger partial charge is 0.251 e. The van der Waals surface area contributed by atoms with Gasteiger partial charge >= 0.3 is 0 Å². The Bertz CT molecular complexity index is 764. The van der Waals surface area contributed by atoms with E-state index in [4.69, 9.17) is 9.15 Å². The second-order valence-corrected chi connectivity index (χ2v) is 6.00. The third-order valence-corrected chi connectivity index (χ3v) is 4.00. The van der Waals surface area contributed by atoms with Crippen molar-refractivity contribution in [1.82, 2.24) is 10.3 Å². The summed E-state index contributed by atoms with van der Waals surface area (Å²) in [6.07, 6.45) is 1.58. The number of carbonyl (C=O) groups excluding carboxylic acids is 1. The zero-order chi connectivity index (χ0) is 16.1. The highest BCUT2D eigenvalue weighted by Crippen LogP contribution is 2.15. The molecule has 1 aromatic carbocycles. The van der Waals surface area contributed by atoms with E-state index in [1.165, 1.54) is 0 Å². The topological polar surface area (TPSA) is 64.4 Å². The lowest BCUT2D eigenvalue weighted by molar-refractivity contribution is 0.0948. The highest BCUT2D eigenvalue weighted by atomic mass is 32.1. The molecule has 3 aromatic rings. The van der Waals surface area contributed by atoms with Gasteiger partial charge in [-0.25, -0.2) is 4.98 Å². The first kappa shape index (κ1) is 15.3. The van der Waals surface area contributed by atoms with E-state index in [0.717, 1.165) is 16.5 Å². The van der Waals surface area contributed by atoms with Crippen LogP contribution in [0.2, 0.25) is 0 Å². The molecule has 0 saturated heterocycles. The lowest BCUT2D eigenvalue weighted by Crippen LogP contribution is -2.22. The first-order chi connectivity index (χ1) is 11.2. The second kappa shape index (κ2) is 7.11. The van der Waals surface area contributed by atoms with Crippen LogP contribution in [0.3, 0.4) is 0 Å². The molecule has 1 amide bonds. The highest BCUT2D eigenvalue weighted by molar-refractivity contribution is 7.09. The van der Waals surface area contributed by atoms with Crippen LogP contribution in [0.1, 0.15) is 26.8 Å². The maximum atomic E-state index is 12.0. The van der Waals surface area contributed by atoms with Crippen LogP contribution in [-0.4, -0.2) is 10.9 Å². The number of nitrogens with zero attached hydrogens (tertiary/aromatic N) is 1. The molecule has 118 valence electrons. The predicted molar refractivity (Wildman–Crippen MR) is 87.5 cm³/mol. The largest absolute Gasteiger partial charge is 0.487 e. The normalized spacial score (nSPS) is 10.5. The number of thiazole rings is 1. The molecule has 1 N–H and O–H groups in total. The molecule has 0 aliphatic carbocycles. The number of aromatic nitrogens is 1. The van der Waals surface area contributed by atoms with Crippen LogP contribution in [0, 0.1) is 6.92 Å². The summed E-state index contributed by atoms with van der Waals surface area (Å²) in [5, 5.41) is 5.80. The SMILES string of the molecule is Cc1nc(COc2ccc(C(=O)NCc3ccco3)cc2)cs1. The summed E-state index contributed by atoms with van der Waals surface area (Å²) in [4.78, 5) is 16.4. The van der Waals surface area contributed by atoms with Crippen molar-refractivity contribution in [2.45, 2.75) is 20.1 Å². The van der Waals surface area contributed by atoms with Gasteiger partial charge in [-0.2, -0.15) is 0 Å². The van der Waals surface area contributed by atoms with Gasteiger partial charge in [0.1, 0.15) is 18.1 Å². The van der Waals surface area contributed by atoms with Crippen LogP contribution in [0.15, 0.2) is 52.5 Å². The van der Waals surface area contributed by atoms with Gasteiger partial charge in [-0.1, -0.05) is 0 Å². The van der Waals surface area contributed by atoms with Gasteiger partial charge in [-0.05, 0) is 43.3 Å². The number of benzene rings is 1. The number of rotatable bonds is 6. The Morgan fingerprint density at radius 1 is 1.30 bits per heavy atom. The quantitative estimate of drug-likeness (QED) is 0.751. The molecule has 6 heteroatoms. The summed E-state index contributed by atoms with van der Waals surface area (Å²) < 4.78 is 10.8. The summed E-state index contributed by atoms with van der Waals surface area (Å²) in [6.45, 7) is 2.76. The standard InChI is InChI=1S/C17H16N2O3S/c1-12-19-14(11-23-12)10-22-15-6-4-13(5-7-15)17(20)18-9-16-3-2-8-21-16/h2-8,11H,9-10H2,1H3,(H,18,20). The maximum Gasteiger partial charge on any atom is 0.251 e. The van der Waals surface area contributed by atoms with Gasteiger partial charge in [0, 0.05) is 10.9 Å². The lowest BCUT2D eigenvalue weighted by atomic mass is 10.2.